The van der Waals surface area contributed by atoms with Crippen LogP contribution in [0.25, 0.3) is 0 Å². The van der Waals surface area contributed by atoms with Crippen LogP contribution in [0.2, 0.25) is 0 Å². The lowest BCUT2D eigenvalue weighted by Crippen LogP contribution is -2.55. The van der Waals surface area contributed by atoms with Crippen molar-refractivity contribution in [2.75, 3.05) is 20.1 Å². The summed E-state index contributed by atoms with van der Waals surface area (Å²) in [6.07, 6.45) is 7.41. The van der Waals surface area contributed by atoms with Gasteiger partial charge in [-0.3, -0.25) is 14.5 Å². The van der Waals surface area contributed by atoms with E-state index in [0.29, 0.717) is 18.4 Å². The lowest BCUT2D eigenvalue weighted by molar-refractivity contribution is -0.132. The molecule has 1 aliphatic heterocycles. The van der Waals surface area contributed by atoms with E-state index in [0.717, 1.165) is 37.1 Å². The average molecular weight is 355 g/mol. The van der Waals surface area contributed by atoms with Gasteiger partial charge in [0.05, 0.1) is 12.1 Å². The molecule has 2 unspecified atom stereocenters. The van der Waals surface area contributed by atoms with Crippen LogP contribution in [0, 0.1) is 0 Å². The third-order valence-electron chi connectivity index (χ3n) is 5.49. The van der Waals surface area contributed by atoms with Gasteiger partial charge in [0.25, 0.3) is 0 Å². The van der Waals surface area contributed by atoms with E-state index >= 15 is 0 Å². The van der Waals surface area contributed by atoms with Crippen LogP contribution in [0.1, 0.15) is 35.2 Å². The first kappa shape index (κ1) is 18.3. The maximum atomic E-state index is 12.9. The first-order valence-electron chi connectivity index (χ1n) is 9.01. The zero-order valence-electron chi connectivity index (χ0n) is 15.0. The summed E-state index contributed by atoms with van der Waals surface area (Å²) in [5.41, 5.74) is 2.12. The van der Waals surface area contributed by atoms with Crippen LogP contribution in [-0.2, 0) is 11.2 Å². The monoisotopic (exact) mass is 355 g/mol. The fourth-order valence-corrected chi connectivity index (χ4v) is 3.95. The third-order valence-corrected chi connectivity index (χ3v) is 5.49. The molecular weight excluding hydrogens is 330 g/mol. The van der Waals surface area contributed by atoms with Crippen LogP contribution in [0.5, 0.6) is 0 Å². The van der Waals surface area contributed by atoms with Gasteiger partial charge in [-0.05, 0) is 18.4 Å². The molecule has 1 amide bonds. The number of carbonyl (C=O) groups excluding carboxylic acids is 2. The van der Waals surface area contributed by atoms with Gasteiger partial charge in [0, 0.05) is 44.2 Å². The second-order valence-corrected chi connectivity index (χ2v) is 6.97. The van der Waals surface area contributed by atoms with E-state index in [9.17, 15) is 14.8 Å². The van der Waals surface area contributed by atoms with E-state index in [2.05, 4.69) is 22.2 Å². The Hall–Kier alpha value is -2.47. The first-order chi connectivity index (χ1) is 12.6. The Morgan fingerprint density at radius 3 is 2.77 bits per heavy atom. The molecule has 0 aromatic heterocycles. The third kappa shape index (κ3) is 3.85. The number of nitrogens with zero attached hydrogens (tertiary/aromatic N) is 3. The average Bonchev–Trinajstić information content (AvgIpc) is 3.22. The predicted octanol–water partition coefficient (Wildman–Crippen LogP) is 2.12. The number of amides is 1. The zero-order chi connectivity index (χ0) is 18.5. The van der Waals surface area contributed by atoms with Gasteiger partial charge in [0.2, 0.25) is 5.91 Å². The van der Waals surface area contributed by atoms with Gasteiger partial charge < -0.3 is 10.1 Å². The van der Waals surface area contributed by atoms with Crippen LogP contribution in [0.15, 0.2) is 41.6 Å². The summed E-state index contributed by atoms with van der Waals surface area (Å²) >= 11 is 0. The molecule has 2 atom stereocenters. The van der Waals surface area contributed by atoms with E-state index in [1.807, 2.05) is 24.1 Å². The predicted molar refractivity (Wildman–Crippen MR) is 99.7 cm³/mol. The van der Waals surface area contributed by atoms with E-state index in [4.69, 9.17) is 0 Å². The maximum Gasteiger partial charge on any atom is 0.227 e. The molecule has 1 aromatic carbocycles. The number of benzene rings is 1. The number of rotatable bonds is 5. The SMILES string of the molecule is CN(C(=O)Cc1ccccc1C=O)C1CCC(=NO)CC1N1CC=CC1. The molecule has 0 spiro atoms. The Bertz CT molecular complexity index is 721. The van der Waals surface area contributed by atoms with E-state index in [1.54, 1.807) is 12.1 Å². The molecule has 1 aliphatic carbocycles. The van der Waals surface area contributed by atoms with Gasteiger partial charge in [-0.15, -0.1) is 0 Å². The molecular formula is C20H25N3O3. The standard InChI is InChI=1S/C20H25N3O3/c1-22(20(25)12-15-6-2-3-7-16(15)14-24)18-9-8-17(21-26)13-19(18)23-10-4-5-11-23/h2-7,14,18-19,26H,8-13H2,1H3. The summed E-state index contributed by atoms with van der Waals surface area (Å²) in [6, 6.07) is 7.41. The van der Waals surface area contributed by atoms with Gasteiger partial charge >= 0.3 is 0 Å². The highest BCUT2D eigenvalue weighted by atomic mass is 16.4. The van der Waals surface area contributed by atoms with Crippen molar-refractivity contribution in [2.24, 2.45) is 5.16 Å². The Kier molecular flexibility index (Phi) is 5.83. The highest BCUT2D eigenvalue weighted by molar-refractivity contribution is 5.87. The highest BCUT2D eigenvalue weighted by Crippen LogP contribution is 2.27. The molecule has 3 rings (SSSR count). The molecule has 6 heteroatoms. The number of carbonyl (C=O) groups is 2. The Morgan fingerprint density at radius 2 is 2.08 bits per heavy atom. The molecule has 0 saturated heterocycles. The van der Waals surface area contributed by atoms with Crippen molar-refractivity contribution in [1.29, 1.82) is 0 Å². The number of aldehydes is 1. The van der Waals surface area contributed by atoms with Crippen molar-refractivity contribution in [3.05, 3.63) is 47.5 Å². The number of likely N-dealkylation sites (N-methyl/N-ethyl adjacent to an activating group) is 1. The second kappa shape index (κ2) is 8.27. The van der Waals surface area contributed by atoms with Crippen LogP contribution in [-0.4, -0.2) is 65.1 Å². The molecule has 138 valence electrons. The van der Waals surface area contributed by atoms with Gasteiger partial charge in [0.15, 0.2) is 0 Å². The molecule has 1 aromatic rings. The Morgan fingerprint density at radius 1 is 1.35 bits per heavy atom. The smallest absolute Gasteiger partial charge is 0.227 e. The van der Waals surface area contributed by atoms with Gasteiger partial charge in [-0.25, -0.2) is 0 Å². The van der Waals surface area contributed by atoms with Gasteiger partial charge in [-0.2, -0.15) is 0 Å². The highest BCUT2D eigenvalue weighted by Gasteiger charge is 2.37. The zero-order valence-corrected chi connectivity index (χ0v) is 15.0. The van der Waals surface area contributed by atoms with Crippen molar-refractivity contribution in [3.63, 3.8) is 0 Å². The van der Waals surface area contributed by atoms with E-state index in [1.165, 1.54) is 0 Å². The molecule has 1 fully saturated rings. The molecule has 0 radical (unpaired) electrons. The molecule has 6 nitrogen and oxygen atoms in total. The fraction of sp³-hybridized carbons (Fsp3) is 0.450. The normalized spacial score (nSPS) is 24.7. The molecule has 1 saturated carbocycles. The van der Waals surface area contributed by atoms with Crippen molar-refractivity contribution in [2.45, 2.75) is 37.8 Å². The topological polar surface area (TPSA) is 73.2 Å². The summed E-state index contributed by atoms with van der Waals surface area (Å²) in [5.74, 6) is 0.00541. The summed E-state index contributed by atoms with van der Waals surface area (Å²) < 4.78 is 0. The quantitative estimate of drug-likeness (QED) is 0.380. The Balaban J connectivity index is 1.74. The summed E-state index contributed by atoms with van der Waals surface area (Å²) in [7, 11) is 1.84. The van der Waals surface area contributed by atoms with Crippen molar-refractivity contribution in [3.8, 4) is 0 Å². The van der Waals surface area contributed by atoms with Crippen molar-refractivity contribution >= 4 is 17.9 Å². The second-order valence-electron chi connectivity index (χ2n) is 6.97. The lowest BCUT2D eigenvalue weighted by atomic mass is 9.86. The molecule has 1 heterocycles. The van der Waals surface area contributed by atoms with Gasteiger partial charge in [0.1, 0.15) is 6.29 Å². The first-order valence-corrected chi connectivity index (χ1v) is 9.01. The molecule has 1 N–H and O–H groups in total. The number of oxime groups is 1. The fourth-order valence-electron chi connectivity index (χ4n) is 3.95. The summed E-state index contributed by atoms with van der Waals surface area (Å²) in [6.45, 7) is 1.71. The van der Waals surface area contributed by atoms with Crippen molar-refractivity contribution in [1.82, 2.24) is 9.80 Å². The molecule has 26 heavy (non-hydrogen) atoms. The lowest BCUT2D eigenvalue weighted by Gasteiger charge is -2.42. The molecule has 0 bridgehead atoms. The van der Waals surface area contributed by atoms with Crippen molar-refractivity contribution < 1.29 is 14.8 Å². The minimum atomic E-state index is 0.00541. The summed E-state index contributed by atoms with van der Waals surface area (Å²) in [4.78, 5) is 28.2. The minimum Gasteiger partial charge on any atom is -0.411 e. The molecule has 2 aliphatic rings. The van der Waals surface area contributed by atoms with Crippen LogP contribution >= 0.6 is 0 Å². The number of hydrogen-bond donors (Lipinski definition) is 1. The van der Waals surface area contributed by atoms with Crippen LogP contribution < -0.4 is 0 Å². The number of hydrogen-bond acceptors (Lipinski definition) is 5. The Labute approximate surface area is 153 Å². The largest absolute Gasteiger partial charge is 0.411 e. The minimum absolute atomic E-state index is 0.00541. The maximum absolute atomic E-state index is 12.9. The van der Waals surface area contributed by atoms with Crippen LogP contribution in [0.4, 0.5) is 0 Å². The summed E-state index contributed by atoms with van der Waals surface area (Å²) in [5, 5.41) is 12.6. The van der Waals surface area contributed by atoms with Gasteiger partial charge in [-0.1, -0.05) is 41.6 Å². The van der Waals surface area contributed by atoms with E-state index < -0.39 is 0 Å². The van der Waals surface area contributed by atoms with Crippen LogP contribution in [0.3, 0.4) is 0 Å². The van der Waals surface area contributed by atoms with E-state index in [-0.39, 0.29) is 24.4 Å².